The van der Waals surface area contributed by atoms with Gasteiger partial charge in [-0.2, -0.15) is 31.5 Å². The van der Waals surface area contributed by atoms with Crippen LogP contribution in [0.4, 0.5) is 38.0 Å². The maximum Gasteiger partial charge on any atom is 0.416 e. The van der Waals surface area contributed by atoms with Crippen molar-refractivity contribution in [2.45, 2.75) is 58.0 Å². The average Bonchev–Trinajstić information content (AvgIpc) is 3.88. The van der Waals surface area contributed by atoms with Crippen LogP contribution in [0.15, 0.2) is 39.6 Å². The van der Waals surface area contributed by atoms with Crippen molar-refractivity contribution in [1.29, 1.82) is 5.41 Å². The molecule has 0 spiro atoms. The number of rotatable bonds is 10. The molecule has 0 radical (unpaired) electrons. The summed E-state index contributed by atoms with van der Waals surface area (Å²) in [6.45, 7) is 1.16. The van der Waals surface area contributed by atoms with Gasteiger partial charge in [0.05, 0.1) is 17.7 Å². The molecule has 44 heavy (non-hydrogen) atoms. The van der Waals surface area contributed by atoms with Crippen LogP contribution in [0.5, 0.6) is 0 Å². The Bertz CT molecular complexity index is 1430. The van der Waals surface area contributed by atoms with Crippen molar-refractivity contribution in [3.63, 3.8) is 0 Å². The average molecular weight is 626 g/mol. The number of pyridine rings is 1. The first-order valence-electron chi connectivity index (χ1n) is 13.9. The predicted octanol–water partition coefficient (Wildman–Crippen LogP) is 6.02. The number of hydrogen-bond acceptors (Lipinski definition) is 7. The van der Waals surface area contributed by atoms with E-state index in [1.807, 2.05) is 0 Å². The first kappa shape index (κ1) is 32.7. The Labute approximate surface area is 249 Å². The molecular weight excluding hydrogens is 592 g/mol. The van der Waals surface area contributed by atoms with Gasteiger partial charge in [0.1, 0.15) is 11.6 Å². The number of hydrazone groups is 1. The Morgan fingerprint density at radius 3 is 2.11 bits per heavy atom. The largest absolute Gasteiger partial charge is 0.416 e. The molecule has 1 aromatic carbocycles. The topological polar surface area (TPSA) is 135 Å². The number of aromatic nitrogens is 1. The minimum absolute atomic E-state index is 0.0500. The lowest BCUT2D eigenvalue weighted by atomic mass is 10.0. The predicted molar refractivity (Wildman–Crippen MR) is 152 cm³/mol. The highest BCUT2D eigenvalue weighted by Crippen LogP contribution is 2.39. The van der Waals surface area contributed by atoms with E-state index in [1.165, 1.54) is 18.9 Å². The fourth-order valence-electron chi connectivity index (χ4n) is 4.76. The molecule has 10 nitrogen and oxygen atoms in total. The van der Waals surface area contributed by atoms with Crippen molar-refractivity contribution in [3.05, 3.63) is 52.1 Å². The van der Waals surface area contributed by atoms with Crippen molar-refractivity contribution >= 4 is 29.2 Å². The van der Waals surface area contributed by atoms with Crippen molar-refractivity contribution < 1.29 is 31.1 Å². The Balaban J connectivity index is 1.86. The number of nitrogens with two attached hydrogens (primary N) is 1. The number of alkyl halides is 6. The number of nitrogens with one attached hydrogen (secondary N) is 2. The van der Waals surface area contributed by atoms with Gasteiger partial charge in [-0.3, -0.25) is 9.69 Å². The minimum atomic E-state index is -5.04. The van der Waals surface area contributed by atoms with Crippen LogP contribution in [0.25, 0.3) is 0 Å². The molecule has 0 atom stereocenters. The fourth-order valence-corrected chi connectivity index (χ4v) is 4.76. The van der Waals surface area contributed by atoms with Crippen LogP contribution >= 0.6 is 0 Å². The number of benzene rings is 1. The van der Waals surface area contributed by atoms with Crippen molar-refractivity contribution in [3.8, 4) is 0 Å². The monoisotopic (exact) mass is 625 g/mol. The van der Waals surface area contributed by atoms with Gasteiger partial charge in [0, 0.05) is 49.9 Å². The second-order valence-corrected chi connectivity index (χ2v) is 10.9. The lowest BCUT2D eigenvalue weighted by molar-refractivity contribution is -0.143. The zero-order chi connectivity index (χ0) is 32.4. The molecule has 2 aromatic rings. The van der Waals surface area contributed by atoms with Gasteiger partial charge >= 0.3 is 12.4 Å². The minimum Gasteiger partial charge on any atom is -0.373 e. The van der Waals surface area contributed by atoms with E-state index in [0.717, 1.165) is 25.7 Å². The molecule has 4 N–H and O–H groups in total. The number of anilines is 2. The molecule has 0 bridgehead atoms. The molecule has 2 saturated carbocycles. The zero-order valence-corrected chi connectivity index (χ0v) is 24.4. The molecule has 1 heterocycles. The van der Waals surface area contributed by atoms with Crippen molar-refractivity contribution in [2.24, 2.45) is 33.0 Å². The van der Waals surface area contributed by atoms with Gasteiger partial charge in [-0.15, -0.1) is 10.2 Å². The van der Waals surface area contributed by atoms with Gasteiger partial charge < -0.3 is 21.5 Å². The van der Waals surface area contributed by atoms with E-state index >= 15 is 0 Å². The smallest absolute Gasteiger partial charge is 0.373 e. The Hall–Kier alpha value is -4.24. The Kier molecular flexibility index (Phi) is 9.49. The van der Waals surface area contributed by atoms with Crippen LogP contribution in [-0.4, -0.2) is 48.1 Å². The molecule has 2 fully saturated rings. The third-order valence-corrected chi connectivity index (χ3v) is 7.28. The number of guanidine groups is 1. The zero-order valence-electron chi connectivity index (χ0n) is 24.4. The van der Waals surface area contributed by atoms with E-state index < -0.39 is 30.0 Å². The SMILES string of the molecule is CN=NC(=NN)N(Cc1cc(C(F)(F)F)cc(C(F)(F)F)c1)Cc1cc(C(C)=N)c(NC)nc1N(CC1CC1)C(=O)C1CC1. The summed E-state index contributed by atoms with van der Waals surface area (Å²) in [5.74, 6) is 5.87. The summed E-state index contributed by atoms with van der Waals surface area (Å²) >= 11 is 0. The summed E-state index contributed by atoms with van der Waals surface area (Å²) in [5, 5.41) is 22.3. The Morgan fingerprint density at radius 2 is 1.66 bits per heavy atom. The number of halogens is 6. The molecule has 2 aliphatic carbocycles. The summed E-state index contributed by atoms with van der Waals surface area (Å²) in [6, 6.07) is 2.90. The number of hydrogen-bond donors (Lipinski definition) is 3. The summed E-state index contributed by atoms with van der Waals surface area (Å²) < 4.78 is 81.7. The number of nitrogens with zero attached hydrogens (tertiary/aromatic N) is 6. The van der Waals surface area contributed by atoms with Crippen LogP contribution in [0.2, 0.25) is 0 Å². The maximum atomic E-state index is 13.6. The van der Waals surface area contributed by atoms with Gasteiger partial charge in [-0.05, 0) is 68.4 Å². The molecule has 1 amide bonds. The first-order valence-corrected chi connectivity index (χ1v) is 13.9. The highest BCUT2D eigenvalue weighted by Gasteiger charge is 2.39. The molecule has 1 aromatic heterocycles. The van der Waals surface area contributed by atoms with E-state index in [9.17, 15) is 31.1 Å². The van der Waals surface area contributed by atoms with Crippen LogP contribution in [-0.2, 0) is 30.2 Å². The normalized spacial score (nSPS) is 15.9. The number of carbonyl (C=O) groups excluding carboxylic acids is 1. The van der Waals surface area contributed by atoms with Crippen molar-refractivity contribution in [2.75, 3.05) is 30.9 Å². The highest BCUT2D eigenvalue weighted by molar-refractivity contribution is 6.02. The van der Waals surface area contributed by atoms with Gasteiger partial charge in [-0.1, -0.05) is 0 Å². The third kappa shape index (κ3) is 7.82. The van der Waals surface area contributed by atoms with Crippen LogP contribution in [0, 0.1) is 17.2 Å². The van der Waals surface area contributed by atoms with Gasteiger partial charge in [0.2, 0.25) is 5.91 Å². The molecule has 0 aliphatic heterocycles. The lowest BCUT2D eigenvalue weighted by Crippen LogP contribution is -2.37. The van der Waals surface area contributed by atoms with Crippen LogP contribution in [0.1, 0.15) is 60.4 Å². The highest BCUT2D eigenvalue weighted by atomic mass is 19.4. The fraction of sp³-hybridized carbons (Fsp3) is 0.500. The summed E-state index contributed by atoms with van der Waals surface area (Å²) in [4.78, 5) is 21.1. The molecule has 0 saturated heterocycles. The lowest BCUT2D eigenvalue weighted by Gasteiger charge is -2.29. The molecule has 2 aliphatic rings. The summed E-state index contributed by atoms with van der Waals surface area (Å²) in [5.41, 5.74) is -2.39. The molecule has 0 unspecified atom stereocenters. The van der Waals surface area contributed by atoms with E-state index in [-0.39, 0.29) is 53.4 Å². The molecule has 238 valence electrons. The second kappa shape index (κ2) is 12.8. The van der Waals surface area contributed by atoms with E-state index in [1.54, 1.807) is 18.0 Å². The van der Waals surface area contributed by atoms with Gasteiger partial charge in [0.25, 0.3) is 5.96 Å². The number of azo groups is 1. The molecular formula is C28H33F6N9O. The Morgan fingerprint density at radius 1 is 1.05 bits per heavy atom. The third-order valence-electron chi connectivity index (χ3n) is 7.28. The standard InChI is InChI=1S/C28H33F6N9O/c1-15(35)22-10-19(24(39-23(22)37-2)43(13-16-4-5-16)25(44)18-6-7-18)14-42(26(40-36)41-38-3)12-17-8-20(27(29,30)31)11-21(9-17)28(32,33)34/h8-11,16,18,35H,4-7,12-14,36H2,1-3H3,(H,37,39). The van der Waals surface area contributed by atoms with E-state index in [0.29, 0.717) is 35.6 Å². The molecule has 16 heteroatoms. The van der Waals surface area contributed by atoms with E-state index in [2.05, 4.69) is 20.6 Å². The number of amides is 1. The van der Waals surface area contributed by atoms with Gasteiger partial charge in [-0.25, -0.2) is 4.98 Å². The summed E-state index contributed by atoms with van der Waals surface area (Å²) in [6.07, 6.45) is -6.75. The number of carbonyl (C=O) groups is 1. The maximum absolute atomic E-state index is 13.6. The van der Waals surface area contributed by atoms with Crippen LogP contribution in [0.3, 0.4) is 0 Å². The first-order chi connectivity index (χ1) is 20.7. The van der Waals surface area contributed by atoms with Crippen molar-refractivity contribution in [1.82, 2.24) is 9.88 Å². The van der Waals surface area contributed by atoms with Gasteiger partial charge in [0.15, 0.2) is 0 Å². The quantitative estimate of drug-likeness (QED) is 0.0742. The molecule has 4 rings (SSSR count). The van der Waals surface area contributed by atoms with Crippen LogP contribution < -0.4 is 16.1 Å². The summed E-state index contributed by atoms with van der Waals surface area (Å²) in [7, 11) is 2.91. The van der Waals surface area contributed by atoms with E-state index in [4.69, 9.17) is 16.2 Å². The second-order valence-electron chi connectivity index (χ2n) is 10.9.